The molecule has 8 nitrogen and oxygen atoms in total. The Hall–Kier alpha value is -3.46. The maximum Gasteiger partial charge on any atom is 0.338 e. The standard InChI is InChI=1S/C19H17N3O5S/c1-11-9-16(22-27-11)21-17(23)12(2)26-19(25)13-5-3-6-14(10-13)20-18(24)15-7-4-8-28-15/h3-10,12H,1-2H3,(H,20,24)(H,21,22,23). The fraction of sp³-hybridized carbons (Fsp3) is 0.158. The van der Waals surface area contributed by atoms with E-state index in [9.17, 15) is 14.4 Å². The molecule has 0 aliphatic rings. The first-order valence-electron chi connectivity index (χ1n) is 8.32. The van der Waals surface area contributed by atoms with Gasteiger partial charge in [-0.3, -0.25) is 9.59 Å². The normalized spacial score (nSPS) is 11.5. The summed E-state index contributed by atoms with van der Waals surface area (Å²) in [4.78, 5) is 37.1. The van der Waals surface area contributed by atoms with Gasteiger partial charge in [0, 0.05) is 11.8 Å². The van der Waals surface area contributed by atoms with Crippen LogP contribution in [0.25, 0.3) is 0 Å². The molecule has 0 aliphatic heterocycles. The first-order valence-corrected chi connectivity index (χ1v) is 9.20. The number of benzene rings is 1. The molecule has 1 atom stereocenters. The lowest BCUT2D eigenvalue weighted by Crippen LogP contribution is -2.30. The summed E-state index contributed by atoms with van der Waals surface area (Å²) < 4.78 is 10.1. The topological polar surface area (TPSA) is 111 Å². The lowest BCUT2D eigenvalue weighted by Gasteiger charge is -2.13. The number of anilines is 2. The van der Waals surface area contributed by atoms with Gasteiger partial charge < -0.3 is 19.9 Å². The van der Waals surface area contributed by atoms with Crippen molar-refractivity contribution < 1.29 is 23.6 Å². The molecule has 1 unspecified atom stereocenters. The molecule has 144 valence electrons. The summed E-state index contributed by atoms with van der Waals surface area (Å²) in [7, 11) is 0. The van der Waals surface area contributed by atoms with Crippen molar-refractivity contribution in [1.82, 2.24) is 5.16 Å². The third kappa shape index (κ3) is 4.83. The van der Waals surface area contributed by atoms with Gasteiger partial charge in [-0.15, -0.1) is 11.3 Å². The van der Waals surface area contributed by atoms with Crippen LogP contribution in [0.15, 0.2) is 52.4 Å². The van der Waals surface area contributed by atoms with E-state index in [1.165, 1.54) is 30.4 Å². The molecule has 2 amide bonds. The highest BCUT2D eigenvalue weighted by Crippen LogP contribution is 2.16. The van der Waals surface area contributed by atoms with E-state index in [4.69, 9.17) is 9.26 Å². The fourth-order valence-electron chi connectivity index (χ4n) is 2.26. The Labute approximate surface area is 164 Å². The van der Waals surface area contributed by atoms with Gasteiger partial charge in [-0.1, -0.05) is 17.3 Å². The second kappa shape index (κ2) is 8.49. The van der Waals surface area contributed by atoms with E-state index in [1.807, 2.05) is 0 Å². The zero-order valence-corrected chi connectivity index (χ0v) is 15.9. The van der Waals surface area contributed by atoms with Crippen molar-refractivity contribution in [2.24, 2.45) is 0 Å². The minimum absolute atomic E-state index is 0.209. The van der Waals surface area contributed by atoms with Gasteiger partial charge in [0.25, 0.3) is 11.8 Å². The van der Waals surface area contributed by atoms with E-state index >= 15 is 0 Å². The van der Waals surface area contributed by atoms with Crippen LogP contribution in [-0.4, -0.2) is 29.0 Å². The SMILES string of the molecule is Cc1cc(NC(=O)C(C)OC(=O)c2cccc(NC(=O)c3cccs3)c2)no1. The number of esters is 1. The van der Waals surface area contributed by atoms with Gasteiger partial charge in [0.05, 0.1) is 10.4 Å². The first kappa shape index (κ1) is 19.3. The number of rotatable bonds is 6. The van der Waals surface area contributed by atoms with Crippen LogP contribution in [0.2, 0.25) is 0 Å². The Morgan fingerprint density at radius 1 is 1.14 bits per heavy atom. The molecule has 2 aromatic heterocycles. The summed E-state index contributed by atoms with van der Waals surface area (Å²) in [6.45, 7) is 3.14. The van der Waals surface area contributed by atoms with Crippen LogP contribution in [0, 0.1) is 6.92 Å². The quantitative estimate of drug-likeness (QED) is 0.614. The third-order valence-corrected chi connectivity index (χ3v) is 4.50. The molecule has 0 spiro atoms. The zero-order valence-electron chi connectivity index (χ0n) is 15.1. The first-order chi connectivity index (χ1) is 13.4. The Morgan fingerprint density at radius 2 is 1.96 bits per heavy atom. The maximum atomic E-state index is 12.3. The van der Waals surface area contributed by atoms with Gasteiger partial charge >= 0.3 is 5.97 Å². The molecule has 3 rings (SSSR count). The molecule has 0 aliphatic carbocycles. The third-order valence-electron chi connectivity index (χ3n) is 3.63. The molecule has 28 heavy (non-hydrogen) atoms. The molecule has 9 heteroatoms. The second-order valence-corrected chi connectivity index (χ2v) is 6.82. The number of hydrogen-bond donors (Lipinski definition) is 2. The predicted molar refractivity (Wildman–Crippen MR) is 103 cm³/mol. The van der Waals surface area contributed by atoms with Crippen molar-refractivity contribution in [3.63, 3.8) is 0 Å². The average Bonchev–Trinajstić information content (AvgIpc) is 3.34. The highest BCUT2D eigenvalue weighted by atomic mass is 32.1. The van der Waals surface area contributed by atoms with Crippen LogP contribution < -0.4 is 10.6 Å². The van der Waals surface area contributed by atoms with Crippen LogP contribution in [-0.2, 0) is 9.53 Å². The molecule has 2 heterocycles. The summed E-state index contributed by atoms with van der Waals surface area (Å²) in [6, 6.07) is 11.3. The summed E-state index contributed by atoms with van der Waals surface area (Å²) in [5, 5.41) is 10.7. The fourth-order valence-corrected chi connectivity index (χ4v) is 2.88. The zero-order chi connectivity index (χ0) is 20.1. The maximum absolute atomic E-state index is 12.3. The van der Waals surface area contributed by atoms with Gasteiger partial charge in [-0.05, 0) is 43.5 Å². The molecular weight excluding hydrogens is 382 g/mol. The Bertz CT molecular complexity index is 997. The van der Waals surface area contributed by atoms with E-state index in [1.54, 1.807) is 42.6 Å². The van der Waals surface area contributed by atoms with Crippen molar-refractivity contribution in [1.29, 1.82) is 0 Å². The van der Waals surface area contributed by atoms with Crippen molar-refractivity contribution in [3.05, 3.63) is 64.0 Å². The molecule has 0 saturated heterocycles. The van der Waals surface area contributed by atoms with Gasteiger partial charge in [0.1, 0.15) is 5.76 Å². The van der Waals surface area contributed by atoms with Crippen molar-refractivity contribution in [3.8, 4) is 0 Å². The van der Waals surface area contributed by atoms with E-state index < -0.39 is 18.0 Å². The molecule has 0 radical (unpaired) electrons. The van der Waals surface area contributed by atoms with Crippen molar-refractivity contribution in [2.45, 2.75) is 20.0 Å². The number of carbonyl (C=O) groups excluding carboxylic acids is 3. The van der Waals surface area contributed by atoms with E-state index in [0.29, 0.717) is 16.3 Å². The number of carbonyl (C=O) groups is 3. The number of aromatic nitrogens is 1. The second-order valence-electron chi connectivity index (χ2n) is 5.87. The number of nitrogens with zero attached hydrogens (tertiary/aromatic N) is 1. The van der Waals surface area contributed by atoms with Crippen LogP contribution >= 0.6 is 11.3 Å². The Morgan fingerprint density at radius 3 is 2.64 bits per heavy atom. The van der Waals surface area contributed by atoms with Crippen LogP contribution in [0.1, 0.15) is 32.7 Å². The van der Waals surface area contributed by atoms with E-state index in [-0.39, 0.29) is 17.3 Å². The number of thiophene rings is 1. The number of amides is 2. The van der Waals surface area contributed by atoms with Gasteiger partial charge in [0.2, 0.25) is 0 Å². The highest BCUT2D eigenvalue weighted by molar-refractivity contribution is 7.12. The monoisotopic (exact) mass is 399 g/mol. The summed E-state index contributed by atoms with van der Waals surface area (Å²) >= 11 is 1.31. The smallest absolute Gasteiger partial charge is 0.338 e. The molecule has 0 bridgehead atoms. The minimum Gasteiger partial charge on any atom is -0.449 e. The predicted octanol–water partition coefficient (Wildman–Crippen LogP) is 3.48. The van der Waals surface area contributed by atoms with E-state index in [2.05, 4.69) is 15.8 Å². The average molecular weight is 399 g/mol. The molecule has 0 saturated carbocycles. The van der Waals surface area contributed by atoms with Crippen LogP contribution in [0.4, 0.5) is 11.5 Å². The van der Waals surface area contributed by atoms with Crippen molar-refractivity contribution in [2.75, 3.05) is 10.6 Å². The van der Waals surface area contributed by atoms with Crippen molar-refractivity contribution >= 4 is 40.6 Å². The molecule has 3 aromatic rings. The number of ether oxygens (including phenoxy) is 1. The lowest BCUT2D eigenvalue weighted by molar-refractivity contribution is -0.123. The van der Waals surface area contributed by atoms with Gasteiger partial charge in [-0.2, -0.15) is 0 Å². The summed E-state index contributed by atoms with van der Waals surface area (Å²) in [5.74, 6) is -0.712. The highest BCUT2D eigenvalue weighted by Gasteiger charge is 2.20. The molecule has 2 N–H and O–H groups in total. The number of aryl methyl sites for hydroxylation is 1. The van der Waals surface area contributed by atoms with Gasteiger partial charge in [0.15, 0.2) is 11.9 Å². The van der Waals surface area contributed by atoms with Crippen LogP contribution in [0.3, 0.4) is 0 Å². The summed E-state index contributed by atoms with van der Waals surface area (Å²) in [6.07, 6.45) is -1.05. The summed E-state index contributed by atoms with van der Waals surface area (Å²) in [5.41, 5.74) is 0.656. The molecule has 1 aromatic carbocycles. The van der Waals surface area contributed by atoms with Gasteiger partial charge in [-0.25, -0.2) is 4.79 Å². The Balaban J connectivity index is 1.60. The van der Waals surface area contributed by atoms with E-state index in [0.717, 1.165) is 0 Å². The number of hydrogen-bond acceptors (Lipinski definition) is 7. The number of nitrogens with one attached hydrogen (secondary N) is 2. The minimum atomic E-state index is -1.05. The molecular formula is C19H17N3O5S. The Kier molecular flexibility index (Phi) is 5.85. The lowest BCUT2D eigenvalue weighted by atomic mass is 10.2. The largest absolute Gasteiger partial charge is 0.449 e. The van der Waals surface area contributed by atoms with Crippen LogP contribution in [0.5, 0.6) is 0 Å². The molecule has 0 fully saturated rings.